The first-order valence-corrected chi connectivity index (χ1v) is 8.42. The van der Waals surface area contributed by atoms with Gasteiger partial charge in [-0.05, 0) is 43.3 Å². The van der Waals surface area contributed by atoms with Gasteiger partial charge < -0.3 is 10.1 Å². The second-order valence-corrected chi connectivity index (χ2v) is 5.94. The molecule has 28 heavy (non-hydrogen) atoms. The van der Waals surface area contributed by atoms with E-state index < -0.39 is 17.6 Å². The van der Waals surface area contributed by atoms with Gasteiger partial charge in [-0.2, -0.15) is 28.1 Å². The maximum absolute atomic E-state index is 13.4. The highest BCUT2D eigenvalue weighted by molar-refractivity contribution is 6.31. The highest BCUT2D eigenvalue weighted by Crippen LogP contribution is 2.31. The van der Waals surface area contributed by atoms with Gasteiger partial charge in [0, 0.05) is 11.3 Å². The standard InChI is InChI=1S/C18H13ClF4N4O/c1-2-28-17-26-15(10-6-7-14(20)13(19)8-10)25-16(27-17)24-12-5-3-4-11(9-12)18(21,22)23/h3-9H,2H2,1H3,(H,24,25,26,27). The van der Waals surface area contributed by atoms with Crippen LogP contribution in [0.4, 0.5) is 29.2 Å². The zero-order valence-electron chi connectivity index (χ0n) is 14.4. The molecule has 10 heteroatoms. The van der Waals surface area contributed by atoms with Crippen LogP contribution in [0, 0.1) is 5.82 Å². The molecule has 0 radical (unpaired) electrons. The molecular weight excluding hydrogens is 400 g/mol. The van der Waals surface area contributed by atoms with Gasteiger partial charge in [-0.25, -0.2) is 4.39 Å². The fourth-order valence-electron chi connectivity index (χ4n) is 2.27. The van der Waals surface area contributed by atoms with Gasteiger partial charge in [0.25, 0.3) is 0 Å². The molecule has 0 amide bonds. The monoisotopic (exact) mass is 412 g/mol. The summed E-state index contributed by atoms with van der Waals surface area (Å²) in [7, 11) is 0. The number of nitrogens with one attached hydrogen (secondary N) is 1. The zero-order chi connectivity index (χ0) is 20.3. The average Bonchev–Trinajstić information content (AvgIpc) is 2.63. The van der Waals surface area contributed by atoms with Gasteiger partial charge in [0.15, 0.2) is 5.82 Å². The molecule has 0 aliphatic heterocycles. The zero-order valence-corrected chi connectivity index (χ0v) is 15.1. The first-order chi connectivity index (χ1) is 13.3. The molecule has 0 aliphatic rings. The van der Waals surface area contributed by atoms with Crippen LogP contribution < -0.4 is 10.1 Å². The molecule has 3 aromatic rings. The molecule has 1 heterocycles. The number of anilines is 2. The molecule has 0 atom stereocenters. The summed E-state index contributed by atoms with van der Waals surface area (Å²) in [6, 6.07) is 8.44. The molecule has 1 aromatic heterocycles. The summed E-state index contributed by atoms with van der Waals surface area (Å²) < 4.78 is 57.4. The summed E-state index contributed by atoms with van der Waals surface area (Å²) in [4.78, 5) is 12.3. The van der Waals surface area contributed by atoms with E-state index in [1.807, 2.05) is 0 Å². The Morgan fingerprint density at radius 3 is 2.54 bits per heavy atom. The second kappa shape index (κ2) is 7.97. The van der Waals surface area contributed by atoms with E-state index in [2.05, 4.69) is 20.3 Å². The van der Waals surface area contributed by atoms with Crippen molar-refractivity contribution in [2.45, 2.75) is 13.1 Å². The number of benzene rings is 2. The molecule has 3 rings (SSSR count). The predicted octanol–water partition coefficient (Wildman–Crippen LogP) is 5.49. The van der Waals surface area contributed by atoms with Gasteiger partial charge in [-0.1, -0.05) is 17.7 Å². The number of ether oxygens (including phenoxy) is 1. The molecule has 0 aliphatic carbocycles. The summed E-state index contributed by atoms with van der Waals surface area (Å²) >= 11 is 5.79. The number of halogens is 5. The molecule has 0 saturated heterocycles. The number of rotatable bonds is 5. The SMILES string of the molecule is CCOc1nc(Nc2cccc(C(F)(F)F)c2)nc(-c2ccc(F)c(Cl)c2)n1. The van der Waals surface area contributed by atoms with Crippen molar-refractivity contribution in [1.29, 1.82) is 0 Å². The highest BCUT2D eigenvalue weighted by Gasteiger charge is 2.30. The Balaban J connectivity index is 1.99. The van der Waals surface area contributed by atoms with Crippen LogP contribution in [0.15, 0.2) is 42.5 Å². The fourth-order valence-corrected chi connectivity index (χ4v) is 2.45. The predicted molar refractivity (Wildman–Crippen MR) is 96.1 cm³/mol. The Labute approximate surface area is 162 Å². The number of alkyl halides is 3. The van der Waals surface area contributed by atoms with Gasteiger partial charge in [0.05, 0.1) is 17.2 Å². The minimum Gasteiger partial charge on any atom is -0.464 e. The molecule has 0 saturated carbocycles. The van der Waals surface area contributed by atoms with Crippen LogP contribution in [0.25, 0.3) is 11.4 Å². The van der Waals surface area contributed by atoms with Crippen molar-refractivity contribution >= 4 is 23.2 Å². The van der Waals surface area contributed by atoms with Crippen LogP contribution in [0.1, 0.15) is 12.5 Å². The third kappa shape index (κ3) is 4.66. The second-order valence-electron chi connectivity index (χ2n) is 5.53. The van der Waals surface area contributed by atoms with Crippen molar-refractivity contribution in [3.05, 3.63) is 58.9 Å². The number of hydrogen-bond acceptors (Lipinski definition) is 5. The molecule has 146 valence electrons. The third-order valence-corrected chi connectivity index (χ3v) is 3.80. The lowest BCUT2D eigenvalue weighted by molar-refractivity contribution is -0.137. The van der Waals surface area contributed by atoms with E-state index in [1.165, 1.54) is 24.3 Å². The maximum Gasteiger partial charge on any atom is 0.416 e. The molecule has 2 aromatic carbocycles. The lowest BCUT2D eigenvalue weighted by Crippen LogP contribution is -2.07. The van der Waals surface area contributed by atoms with E-state index in [0.29, 0.717) is 5.56 Å². The molecule has 0 bridgehead atoms. The molecule has 1 N–H and O–H groups in total. The van der Waals surface area contributed by atoms with E-state index in [4.69, 9.17) is 16.3 Å². The first kappa shape index (κ1) is 19.8. The van der Waals surface area contributed by atoms with E-state index in [0.717, 1.165) is 18.2 Å². The van der Waals surface area contributed by atoms with E-state index in [9.17, 15) is 17.6 Å². The van der Waals surface area contributed by atoms with E-state index in [-0.39, 0.29) is 35.1 Å². The lowest BCUT2D eigenvalue weighted by Gasteiger charge is -2.11. The van der Waals surface area contributed by atoms with Crippen LogP contribution >= 0.6 is 11.6 Å². The van der Waals surface area contributed by atoms with Gasteiger partial charge in [0.2, 0.25) is 5.95 Å². The van der Waals surface area contributed by atoms with Crippen molar-refractivity contribution in [3.63, 3.8) is 0 Å². The van der Waals surface area contributed by atoms with Crippen molar-refractivity contribution in [2.24, 2.45) is 0 Å². The molecule has 5 nitrogen and oxygen atoms in total. The van der Waals surface area contributed by atoms with Gasteiger partial charge in [-0.3, -0.25) is 0 Å². The molecule has 0 unspecified atom stereocenters. The number of hydrogen-bond donors (Lipinski definition) is 1. The smallest absolute Gasteiger partial charge is 0.416 e. The Morgan fingerprint density at radius 1 is 1.07 bits per heavy atom. The van der Waals surface area contributed by atoms with Crippen LogP contribution in [0.3, 0.4) is 0 Å². The Bertz CT molecular complexity index is 998. The summed E-state index contributed by atoms with van der Waals surface area (Å²) in [5.41, 5.74) is -0.296. The topological polar surface area (TPSA) is 59.9 Å². The summed E-state index contributed by atoms with van der Waals surface area (Å²) in [5.74, 6) is -0.519. The minimum atomic E-state index is -4.48. The van der Waals surface area contributed by atoms with Crippen LogP contribution in [0.5, 0.6) is 6.01 Å². The van der Waals surface area contributed by atoms with Crippen molar-refractivity contribution in [1.82, 2.24) is 15.0 Å². The Morgan fingerprint density at radius 2 is 1.86 bits per heavy atom. The van der Waals surface area contributed by atoms with Gasteiger partial charge in [-0.15, -0.1) is 0 Å². The van der Waals surface area contributed by atoms with Crippen LogP contribution in [-0.2, 0) is 6.18 Å². The van der Waals surface area contributed by atoms with Crippen molar-refractivity contribution in [2.75, 3.05) is 11.9 Å². The third-order valence-electron chi connectivity index (χ3n) is 3.51. The fraction of sp³-hybridized carbons (Fsp3) is 0.167. The Hall–Kier alpha value is -2.94. The van der Waals surface area contributed by atoms with E-state index in [1.54, 1.807) is 6.92 Å². The van der Waals surface area contributed by atoms with E-state index >= 15 is 0 Å². The van der Waals surface area contributed by atoms with Crippen LogP contribution in [0.2, 0.25) is 5.02 Å². The van der Waals surface area contributed by atoms with Gasteiger partial charge >= 0.3 is 12.2 Å². The largest absolute Gasteiger partial charge is 0.464 e. The van der Waals surface area contributed by atoms with Crippen molar-refractivity contribution < 1.29 is 22.3 Å². The first-order valence-electron chi connectivity index (χ1n) is 8.05. The highest BCUT2D eigenvalue weighted by atomic mass is 35.5. The maximum atomic E-state index is 13.4. The summed E-state index contributed by atoms with van der Waals surface area (Å²) in [6.45, 7) is 1.98. The van der Waals surface area contributed by atoms with Crippen LogP contribution in [-0.4, -0.2) is 21.6 Å². The quantitative estimate of drug-likeness (QED) is 0.561. The number of aromatic nitrogens is 3. The van der Waals surface area contributed by atoms with Gasteiger partial charge in [0.1, 0.15) is 5.82 Å². The number of nitrogens with zero attached hydrogens (tertiary/aromatic N) is 3. The summed E-state index contributed by atoms with van der Waals surface area (Å²) in [6.07, 6.45) is -4.48. The molecule has 0 spiro atoms. The Kier molecular flexibility index (Phi) is 5.64. The summed E-state index contributed by atoms with van der Waals surface area (Å²) in [5, 5.41) is 2.58. The average molecular weight is 413 g/mol. The van der Waals surface area contributed by atoms with Crippen molar-refractivity contribution in [3.8, 4) is 17.4 Å². The molecule has 0 fully saturated rings. The lowest BCUT2D eigenvalue weighted by atomic mass is 10.2. The normalized spacial score (nSPS) is 11.4. The molecular formula is C18H13ClF4N4O. The minimum absolute atomic E-state index is 0.0341.